The minimum Gasteiger partial charge on any atom is -0.425 e. The molecule has 0 aromatic heterocycles. The second kappa shape index (κ2) is 3.60. The molecular weight excluding hydrogens is 192 g/mol. The summed E-state index contributed by atoms with van der Waals surface area (Å²) in [6, 6.07) is 0. The van der Waals surface area contributed by atoms with Crippen LogP contribution in [0.3, 0.4) is 0 Å². The molecular formula is C8H8O6. The molecule has 6 nitrogen and oxygen atoms in total. The number of aliphatic hydroxyl groups is 2. The quantitative estimate of drug-likeness (QED) is 0.646. The van der Waals surface area contributed by atoms with Gasteiger partial charge in [0.15, 0.2) is 11.5 Å². The van der Waals surface area contributed by atoms with Gasteiger partial charge in [-0.25, -0.2) is 0 Å². The standard InChI is InChI=1S/C8H8O6/c9-1-5-3-11-7(13-5)8-12-4-6(2-10)14-8/h3-4,9-10H,1-2H2. The molecule has 2 rings (SSSR count). The third-order valence-electron chi connectivity index (χ3n) is 1.52. The van der Waals surface area contributed by atoms with Crippen LogP contribution in [0.4, 0.5) is 0 Å². The third-order valence-corrected chi connectivity index (χ3v) is 1.52. The first-order valence-corrected chi connectivity index (χ1v) is 3.86. The van der Waals surface area contributed by atoms with Crippen molar-refractivity contribution in [3.63, 3.8) is 0 Å². The summed E-state index contributed by atoms with van der Waals surface area (Å²) in [5.41, 5.74) is 0. The van der Waals surface area contributed by atoms with E-state index < -0.39 is 0 Å². The minimum atomic E-state index is -0.267. The van der Waals surface area contributed by atoms with Crippen LogP contribution in [0, 0.1) is 0 Å². The van der Waals surface area contributed by atoms with E-state index in [1.807, 2.05) is 0 Å². The number of hydrogen-bond acceptors (Lipinski definition) is 6. The van der Waals surface area contributed by atoms with Gasteiger partial charge in [0.2, 0.25) is 0 Å². The van der Waals surface area contributed by atoms with Crippen LogP contribution >= 0.6 is 0 Å². The summed E-state index contributed by atoms with van der Waals surface area (Å²) in [5, 5.41) is 17.4. The maximum absolute atomic E-state index is 8.69. The highest BCUT2D eigenvalue weighted by Gasteiger charge is 2.25. The average Bonchev–Trinajstić information content (AvgIpc) is 2.86. The molecule has 76 valence electrons. The van der Waals surface area contributed by atoms with E-state index in [2.05, 4.69) is 0 Å². The van der Waals surface area contributed by atoms with Crippen LogP contribution in [-0.2, 0) is 18.9 Å². The lowest BCUT2D eigenvalue weighted by Crippen LogP contribution is -1.97. The molecule has 2 heterocycles. The second-order valence-electron chi connectivity index (χ2n) is 2.50. The predicted octanol–water partition coefficient (Wildman–Crippen LogP) is -0.126. The highest BCUT2D eigenvalue weighted by atomic mass is 16.8. The molecule has 0 amide bonds. The topological polar surface area (TPSA) is 77.4 Å². The zero-order valence-electron chi connectivity index (χ0n) is 7.10. The van der Waals surface area contributed by atoms with E-state index in [1.54, 1.807) is 0 Å². The lowest BCUT2D eigenvalue weighted by Gasteiger charge is -2.02. The van der Waals surface area contributed by atoms with Gasteiger partial charge in [0.05, 0.1) is 0 Å². The van der Waals surface area contributed by atoms with Crippen molar-refractivity contribution in [2.24, 2.45) is 0 Å². The summed E-state index contributed by atoms with van der Waals surface area (Å²) in [4.78, 5) is 0. The number of hydrogen-bond donors (Lipinski definition) is 2. The van der Waals surface area contributed by atoms with Gasteiger partial charge in [-0.15, -0.1) is 0 Å². The fourth-order valence-electron chi connectivity index (χ4n) is 0.891. The monoisotopic (exact) mass is 200 g/mol. The van der Waals surface area contributed by atoms with Crippen molar-refractivity contribution in [1.29, 1.82) is 0 Å². The van der Waals surface area contributed by atoms with Crippen molar-refractivity contribution >= 4 is 0 Å². The molecule has 0 atom stereocenters. The van der Waals surface area contributed by atoms with E-state index in [4.69, 9.17) is 29.2 Å². The largest absolute Gasteiger partial charge is 0.425 e. The highest BCUT2D eigenvalue weighted by Crippen LogP contribution is 2.26. The van der Waals surface area contributed by atoms with E-state index in [0.717, 1.165) is 0 Å². The highest BCUT2D eigenvalue weighted by molar-refractivity contribution is 5.09. The molecule has 6 heteroatoms. The Bertz CT molecular complexity index is 295. The molecule has 14 heavy (non-hydrogen) atoms. The molecule has 2 aliphatic heterocycles. The Morgan fingerprint density at radius 3 is 1.57 bits per heavy atom. The van der Waals surface area contributed by atoms with Crippen LogP contribution in [0.25, 0.3) is 0 Å². The van der Waals surface area contributed by atoms with Crippen LogP contribution < -0.4 is 0 Å². The van der Waals surface area contributed by atoms with Crippen LogP contribution in [0.15, 0.2) is 35.9 Å². The van der Waals surface area contributed by atoms with Gasteiger partial charge in [-0.2, -0.15) is 0 Å². The maximum Gasteiger partial charge on any atom is 0.375 e. The predicted molar refractivity (Wildman–Crippen MR) is 41.7 cm³/mol. The Morgan fingerprint density at radius 1 is 0.857 bits per heavy atom. The van der Waals surface area contributed by atoms with Crippen molar-refractivity contribution in [2.45, 2.75) is 0 Å². The van der Waals surface area contributed by atoms with Gasteiger partial charge < -0.3 is 29.2 Å². The zero-order chi connectivity index (χ0) is 9.97. The number of ether oxygens (including phenoxy) is 4. The molecule has 0 aromatic rings. The number of aliphatic hydroxyl groups excluding tert-OH is 2. The molecule has 0 fully saturated rings. The van der Waals surface area contributed by atoms with Crippen LogP contribution in [0.2, 0.25) is 0 Å². The molecule has 0 saturated carbocycles. The Balaban J connectivity index is 2.01. The summed E-state index contributed by atoms with van der Waals surface area (Å²) in [6.45, 7) is -0.534. The van der Waals surface area contributed by atoms with Gasteiger partial charge in [0.25, 0.3) is 0 Å². The van der Waals surface area contributed by atoms with Crippen LogP contribution in [0.1, 0.15) is 0 Å². The Hall–Kier alpha value is -1.66. The van der Waals surface area contributed by atoms with Crippen molar-refractivity contribution < 1.29 is 29.2 Å². The second-order valence-corrected chi connectivity index (χ2v) is 2.50. The van der Waals surface area contributed by atoms with E-state index in [1.165, 1.54) is 12.5 Å². The lowest BCUT2D eigenvalue weighted by molar-refractivity contribution is 0.0793. The lowest BCUT2D eigenvalue weighted by atomic mass is 10.6. The van der Waals surface area contributed by atoms with Crippen molar-refractivity contribution in [3.8, 4) is 0 Å². The smallest absolute Gasteiger partial charge is 0.375 e. The van der Waals surface area contributed by atoms with Crippen molar-refractivity contribution in [2.75, 3.05) is 13.2 Å². The van der Waals surface area contributed by atoms with E-state index in [9.17, 15) is 0 Å². The van der Waals surface area contributed by atoms with Gasteiger partial charge in [-0.3, -0.25) is 0 Å². The fourth-order valence-corrected chi connectivity index (χ4v) is 0.891. The van der Waals surface area contributed by atoms with Gasteiger partial charge in [-0.1, -0.05) is 0 Å². The molecule has 0 aliphatic carbocycles. The van der Waals surface area contributed by atoms with E-state index >= 15 is 0 Å². The molecule has 2 N–H and O–H groups in total. The zero-order valence-corrected chi connectivity index (χ0v) is 7.10. The average molecular weight is 200 g/mol. The van der Waals surface area contributed by atoms with Crippen LogP contribution in [-0.4, -0.2) is 23.4 Å². The van der Waals surface area contributed by atoms with Gasteiger partial charge in [0, 0.05) is 0 Å². The van der Waals surface area contributed by atoms with E-state index in [-0.39, 0.29) is 36.6 Å². The van der Waals surface area contributed by atoms with E-state index in [0.29, 0.717) is 0 Å². The molecule has 0 bridgehead atoms. The molecule has 2 aliphatic rings. The Morgan fingerprint density at radius 2 is 1.29 bits per heavy atom. The fraction of sp³-hybridized carbons (Fsp3) is 0.250. The normalized spacial score (nSPS) is 24.4. The Kier molecular flexibility index (Phi) is 2.30. The van der Waals surface area contributed by atoms with Gasteiger partial charge in [-0.05, 0) is 0 Å². The molecule has 0 unspecified atom stereocenters. The third kappa shape index (κ3) is 1.52. The molecule has 0 saturated heterocycles. The van der Waals surface area contributed by atoms with Crippen molar-refractivity contribution in [1.82, 2.24) is 0 Å². The Labute approximate surface area is 79.3 Å². The van der Waals surface area contributed by atoms with Crippen LogP contribution in [0.5, 0.6) is 0 Å². The van der Waals surface area contributed by atoms with Crippen molar-refractivity contribution in [3.05, 3.63) is 35.9 Å². The molecule has 0 aromatic carbocycles. The first-order valence-electron chi connectivity index (χ1n) is 3.86. The first kappa shape index (κ1) is 8.92. The summed E-state index contributed by atoms with van der Waals surface area (Å²) in [7, 11) is 0. The molecule has 0 radical (unpaired) electrons. The van der Waals surface area contributed by atoms with Gasteiger partial charge >= 0.3 is 11.9 Å². The first-order chi connectivity index (χ1) is 6.83. The number of rotatable bonds is 2. The summed E-state index contributed by atoms with van der Waals surface area (Å²) >= 11 is 0. The maximum atomic E-state index is 8.69. The summed E-state index contributed by atoms with van der Waals surface area (Å²) in [5.74, 6) is 0.539. The minimum absolute atomic E-state index is 0.00810. The SMILES string of the molecule is OCC1=COC(=C2OC=C(CO)O2)O1. The summed E-state index contributed by atoms with van der Waals surface area (Å²) in [6.07, 6.45) is 2.48. The molecule has 0 spiro atoms. The summed E-state index contributed by atoms with van der Waals surface area (Å²) < 4.78 is 19.8. The van der Waals surface area contributed by atoms with Gasteiger partial charge in [0.1, 0.15) is 25.7 Å².